The van der Waals surface area contributed by atoms with Crippen LogP contribution in [0.15, 0.2) is 35.6 Å². The lowest BCUT2D eigenvalue weighted by Crippen LogP contribution is -2.41. The maximum absolute atomic E-state index is 13.5. The van der Waals surface area contributed by atoms with Crippen molar-refractivity contribution < 1.29 is 24.3 Å². The van der Waals surface area contributed by atoms with Gasteiger partial charge in [-0.15, -0.1) is 0 Å². The molecule has 0 aromatic carbocycles. The van der Waals surface area contributed by atoms with Gasteiger partial charge in [0.25, 0.3) is 5.91 Å². The number of ketones is 2. The van der Waals surface area contributed by atoms with E-state index in [0.29, 0.717) is 61.7 Å². The molecule has 9 atom stereocenters. The van der Waals surface area contributed by atoms with E-state index in [1.807, 2.05) is 12.2 Å². The van der Waals surface area contributed by atoms with E-state index in [2.05, 4.69) is 24.5 Å². The third kappa shape index (κ3) is 4.35. The van der Waals surface area contributed by atoms with Crippen molar-refractivity contribution >= 4 is 23.4 Å². The van der Waals surface area contributed by atoms with Crippen LogP contribution in [-0.2, 0) is 19.2 Å². The van der Waals surface area contributed by atoms with Crippen LogP contribution in [0.2, 0.25) is 0 Å². The van der Waals surface area contributed by atoms with Crippen LogP contribution in [0.1, 0.15) is 58.8 Å². The van der Waals surface area contributed by atoms with Gasteiger partial charge in [-0.1, -0.05) is 32.4 Å². The molecule has 2 amide bonds. The van der Waals surface area contributed by atoms with E-state index < -0.39 is 17.7 Å². The zero-order valence-corrected chi connectivity index (χ0v) is 21.2. The second kappa shape index (κ2) is 9.98. The van der Waals surface area contributed by atoms with Gasteiger partial charge in [0, 0.05) is 18.9 Å². The van der Waals surface area contributed by atoms with Crippen molar-refractivity contribution in [3.05, 3.63) is 35.6 Å². The summed E-state index contributed by atoms with van der Waals surface area (Å²) in [7, 11) is 0. The maximum atomic E-state index is 13.5. The zero-order chi connectivity index (χ0) is 25.6. The molecule has 3 aliphatic carbocycles. The number of fused-ring (bicyclic) bond motifs is 7. The molecule has 5 aliphatic rings. The first-order chi connectivity index (χ1) is 17.3. The minimum Gasteiger partial charge on any atom is -0.507 e. The van der Waals surface area contributed by atoms with E-state index in [1.54, 1.807) is 6.08 Å². The molecule has 2 aliphatic heterocycles. The van der Waals surface area contributed by atoms with Gasteiger partial charge in [0.1, 0.15) is 17.1 Å². The number of rotatable bonds is 1. The number of carbonyl (C=O) groups is 4. The number of aliphatic hydroxyl groups excluding tert-OH is 1. The number of nitrogens with one attached hydrogen (secondary N) is 2. The molecule has 194 valence electrons. The molecule has 7 nitrogen and oxygen atoms in total. The van der Waals surface area contributed by atoms with E-state index in [4.69, 9.17) is 0 Å². The number of Topliss-reactive ketones (excluding diaryl/α,β-unsaturated/α-hetero) is 2. The summed E-state index contributed by atoms with van der Waals surface area (Å²) < 4.78 is 0. The SMILES string of the molecule is CC[C@H]1C[C@H]2C[C@@H]3[C@@H]4C/C=C\C(=O)NCCC[C@@H]5NC(=O)C(=C(O)/C=C/[C@H]4CC(=O)[C@H]3[C@@H]2[C@H]1C)C5=O. The molecule has 3 N–H and O–H groups in total. The Labute approximate surface area is 212 Å². The topological polar surface area (TPSA) is 113 Å². The third-order valence-electron chi connectivity index (χ3n) is 9.88. The highest BCUT2D eigenvalue weighted by Crippen LogP contribution is 2.61. The first-order valence-corrected chi connectivity index (χ1v) is 13.7. The predicted molar refractivity (Wildman–Crippen MR) is 134 cm³/mol. The first-order valence-electron chi connectivity index (χ1n) is 13.7. The van der Waals surface area contributed by atoms with Crippen molar-refractivity contribution in [2.24, 2.45) is 47.3 Å². The number of allylic oxidation sites excluding steroid dienone is 3. The molecular weight excluding hydrogens is 456 g/mol. The van der Waals surface area contributed by atoms with Gasteiger partial charge in [-0.05, 0) is 85.7 Å². The van der Waals surface area contributed by atoms with Crippen molar-refractivity contribution in [1.82, 2.24) is 10.6 Å². The van der Waals surface area contributed by atoms with Crippen LogP contribution in [0.3, 0.4) is 0 Å². The van der Waals surface area contributed by atoms with Gasteiger partial charge >= 0.3 is 0 Å². The summed E-state index contributed by atoms with van der Waals surface area (Å²) >= 11 is 0. The molecule has 1 saturated heterocycles. The van der Waals surface area contributed by atoms with Crippen molar-refractivity contribution in [3.8, 4) is 0 Å². The van der Waals surface area contributed by atoms with E-state index >= 15 is 0 Å². The van der Waals surface area contributed by atoms with E-state index in [-0.39, 0.29) is 40.9 Å². The molecule has 0 aromatic rings. The minimum absolute atomic E-state index is 0.0684. The zero-order valence-electron chi connectivity index (χ0n) is 21.2. The average Bonchev–Trinajstić information content (AvgIpc) is 3.46. The Balaban J connectivity index is 1.46. The van der Waals surface area contributed by atoms with Crippen molar-refractivity contribution in [1.29, 1.82) is 0 Å². The van der Waals surface area contributed by atoms with Gasteiger partial charge in [-0.2, -0.15) is 0 Å². The summed E-state index contributed by atoms with van der Waals surface area (Å²) in [5.41, 5.74) is -0.210. The minimum atomic E-state index is -0.694. The summed E-state index contributed by atoms with van der Waals surface area (Å²) in [6.07, 6.45) is 12.2. The maximum Gasteiger partial charge on any atom is 0.259 e. The van der Waals surface area contributed by atoms with Gasteiger partial charge in [-0.25, -0.2) is 0 Å². The summed E-state index contributed by atoms with van der Waals surface area (Å²) in [5, 5.41) is 16.2. The summed E-state index contributed by atoms with van der Waals surface area (Å²) in [5.74, 6) is 1.45. The largest absolute Gasteiger partial charge is 0.507 e. The van der Waals surface area contributed by atoms with Crippen LogP contribution in [-0.4, -0.2) is 41.1 Å². The molecule has 5 rings (SSSR count). The molecule has 0 unspecified atom stereocenters. The van der Waals surface area contributed by atoms with Crippen LogP contribution < -0.4 is 10.6 Å². The lowest BCUT2D eigenvalue weighted by molar-refractivity contribution is -0.131. The van der Waals surface area contributed by atoms with Gasteiger partial charge < -0.3 is 15.7 Å². The van der Waals surface area contributed by atoms with Crippen LogP contribution in [0.25, 0.3) is 0 Å². The molecule has 0 radical (unpaired) electrons. The van der Waals surface area contributed by atoms with Crippen LogP contribution in [0, 0.1) is 47.3 Å². The van der Waals surface area contributed by atoms with Crippen molar-refractivity contribution in [2.75, 3.05) is 6.54 Å². The molecule has 7 heteroatoms. The number of hydrogen-bond donors (Lipinski definition) is 3. The number of aliphatic hydroxyl groups is 1. The highest BCUT2D eigenvalue weighted by molar-refractivity contribution is 6.27. The van der Waals surface area contributed by atoms with Gasteiger partial charge in [0.15, 0.2) is 5.78 Å². The second-order valence-corrected chi connectivity index (χ2v) is 11.6. The van der Waals surface area contributed by atoms with E-state index in [9.17, 15) is 24.3 Å². The molecule has 0 spiro atoms. The average molecular weight is 495 g/mol. The standard InChI is InChI=1S/C29H38N2O5/c1-3-16-12-18-13-20-19-6-4-8-24(34)30-11-5-7-21-28(35)27(29(36)31-21)22(32)10-9-17(19)14-23(33)26(20)25(18)15(16)2/h4,8-10,15-21,25-26,32H,3,5-7,11-14H2,1-2H3,(H,30,34)(H,31,36)/b8-4-,10-9+,27-22?/t15-,16-,17-,18-,19+,20+,21-,25+,26-/m0/s1. The normalized spacial score (nSPS) is 42.9. The highest BCUT2D eigenvalue weighted by atomic mass is 16.3. The molecule has 36 heavy (non-hydrogen) atoms. The Morgan fingerprint density at radius 3 is 2.67 bits per heavy atom. The van der Waals surface area contributed by atoms with Gasteiger partial charge in [0.05, 0.1) is 6.04 Å². The Bertz CT molecular complexity index is 1040. The Morgan fingerprint density at radius 1 is 1.08 bits per heavy atom. The fourth-order valence-electron chi connectivity index (χ4n) is 8.22. The number of amides is 2. The van der Waals surface area contributed by atoms with Crippen molar-refractivity contribution in [2.45, 2.75) is 64.8 Å². The second-order valence-electron chi connectivity index (χ2n) is 11.6. The van der Waals surface area contributed by atoms with Crippen LogP contribution >= 0.6 is 0 Å². The third-order valence-corrected chi connectivity index (χ3v) is 9.88. The molecule has 4 fully saturated rings. The monoisotopic (exact) mass is 494 g/mol. The first kappa shape index (κ1) is 25.0. The Morgan fingerprint density at radius 2 is 1.89 bits per heavy atom. The fraction of sp³-hybridized carbons (Fsp3) is 0.655. The van der Waals surface area contributed by atoms with E-state index in [1.165, 1.54) is 12.5 Å². The summed E-state index contributed by atoms with van der Waals surface area (Å²) in [6, 6.07) is -0.694. The lowest BCUT2D eigenvalue weighted by atomic mass is 9.63. The van der Waals surface area contributed by atoms with Crippen LogP contribution in [0.4, 0.5) is 0 Å². The quantitative estimate of drug-likeness (QED) is 0.484. The smallest absolute Gasteiger partial charge is 0.259 e. The Kier molecular flexibility index (Phi) is 6.92. The number of carbonyl (C=O) groups excluding carboxylic acids is 4. The highest BCUT2D eigenvalue weighted by Gasteiger charge is 2.58. The summed E-state index contributed by atoms with van der Waals surface area (Å²) in [4.78, 5) is 51.1. The summed E-state index contributed by atoms with van der Waals surface area (Å²) in [6.45, 7) is 4.98. The van der Waals surface area contributed by atoms with Gasteiger partial charge in [0.2, 0.25) is 5.91 Å². The molecule has 2 heterocycles. The fourth-order valence-corrected chi connectivity index (χ4v) is 8.22. The molecule has 2 bridgehead atoms. The van der Waals surface area contributed by atoms with E-state index in [0.717, 1.165) is 12.8 Å². The predicted octanol–water partition coefficient (Wildman–Crippen LogP) is 3.42. The van der Waals surface area contributed by atoms with Gasteiger partial charge in [-0.3, -0.25) is 19.2 Å². The molecule has 3 saturated carbocycles. The molecular formula is C29H38N2O5. The lowest BCUT2D eigenvalue weighted by Gasteiger charge is -2.40. The van der Waals surface area contributed by atoms with Crippen LogP contribution in [0.5, 0.6) is 0 Å². The van der Waals surface area contributed by atoms with Crippen molar-refractivity contribution in [3.63, 3.8) is 0 Å². The number of hydrogen-bond acceptors (Lipinski definition) is 5. The molecule has 0 aromatic heterocycles. The Hall–Kier alpha value is -2.70.